The van der Waals surface area contributed by atoms with Gasteiger partial charge in [-0.05, 0) is 55.3 Å². The molecule has 0 saturated carbocycles. The molecule has 1 amide bonds. The summed E-state index contributed by atoms with van der Waals surface area (Å²) in [5.41, 5.74) is 0.412. The summed E-state index contributed by atoms with van der Waals surface area (Å²) < 4.78 is 50.1. The summed E-state index contributed by atoms with van der Waals surface area (Å²) >= 11 is 12.0. The highest BCUT2D eigenvalue weighted by Crippen LogP contribution is 2.29. The first-order valence-electron chi connectivity index (χ1n) is 9.04. The van der Waals surface area contributed by atoms with Gasteiger partial charge in [-0.2, -0.15) is 4.31 Å². The number of carbonyl (C=O) groups is 1. The summed E-state index contributed by atoms with van der Waals surface area (Å²) in [6, 6.07) is 9.88. The highest BCUT2D eigenvalue weighted by Gasteiger charge is 2.32. The Balaban J connectivity index is 1.65. The maximum atomic E-state index is 12.8. The minimum absolute atomic E-state index is 0.0171. The van der Waals surface area contributed by atoms with E-state index in [1.807, 2.05) is 0 Å². The number of sulfone groups is 1. The molecule has 1 saturated heterocycles. The van der Waals surface area contributed by atoms with Crippen LogP contribution in [0.15, 0.2) is 52.3 Å². The summed E-state index contributed by atoms with van der Waals surface area (Å²) in [5.74, 6) is -0.604. The summed E-state index contributed by atoms with van der Waals surface area (Å²) in [7, 11) is -7.19. The van der Waals surface area contributed by atoms with Crippen LogP contribution in [0, 0.1) is 5.92 Å². The fourth-order valence-corrected chi connectivity index (χ4v) is 5.63. The minimum atomic E-state index is -3.78. The summed E-state index contributed by atoms with van der Waals surface area (Å²) in [6.07, 6.45) is 1.76. The maximum absolute atomic E-state index is 12.8. The number of anilines is 1. The monoisotopic (exact) mass is 490 g/mol. The molecule has 0 spiro atoms. The van der Waals surface area contributed by atoms with Crippen molar-refractivity contribution in [2.45, 2.75) is 22.6 Å². The van der Waals surface area contributed by atoms with Gasteiger partial charge in [-0.15, -0.1) is 0 Å². The lowest BCUT2D eigenvalue weighted by atomic mass is 9.97. The van der Waals surface area contributed by atoms with Gasteiger partial charge in [0, 0.05) is 30.3 Å². The van der Waals surface area contributed by atoms with E-state index < -0.39 is 19.9 Å². The van der Waals surface area contributed by atoms with E-state index in [1.54, 1.807) is 18.2 Å². The molecule has 3 rings (SSSR count). The van der Waals surface area contributed by atoms with Crippen LogP contribution in [0.1, 0.15) is 12.8 Å². The van der Waals surface area contributed by atoms with E-state index in [0.717, 1.165) is 6.26 Å². The fraction of sp³-hybridized carbons (Fsp3) is 0.316. The molecule has 1 N–H and O–H groups in total. The predicted molar refractivity (Wildman–Crippen MR) is 116 cm³/mol. The Hall–Kier alpha value is -1.65. The van der Waals surface area contributed by atoms with Crippen molar-refractivity contribution in [3.8, 4) is 0 Å². The Bertz CT molecular complexity index is 1160. The van der Waals surface area contributed by atoms with Gasteiger partial charge in [0.15, 0.2) is 9.84 Å². The molecule has 0 unspecified atom stereocenters. The van der Waals surface area contributed by atoms with Crippen LogP contribution < -0.4 is 5.32 Å². The van der Waals surface area contributed by atoms with E-state index in [-0.39, 0.29) is 34.7 Å². The number of nitrogens with zero attached hydrogens (tertiary/aromatic N) is 1. The number of halogens is 2. The Morgan fingerprint density at radius 3 is 2.10 bits per heavy atom. The van der Waals surface area contributed by atoms with Gasteiger partial charge >= 0.3 is 0 Å². The molecule has 162 valence electrons. The van der Waals surface area contributed by atoms with E-state index >= 15 is 0 Å². The second kappa shape index (κ2) is 8.84. The third kappa shape index (κ3) is 5.15. The standard InChI is InChI=1S/C19H20Cl2N2O5S2/c1-29(25,26)15-3-5-16(6-4-15)30(27,28)23-10-8-13(9-11-23)19(24)22-18-12-14(20)2-7-17(18)21/h2-7,12-13H,8-11H2,1H3,(H,22,24). The smallest absolute Gasteiger partial charge is 0.243 e. The minimum Gasteiger partial charge on any atom is -0.324 e. The Kier molecular flexibility index (Phi) is 6.78. The van der Waals surface area contributed by atoms with Crippen LogP contribution in [0.5, 0.6) is 0 Å². The number of piperidine rings is 1. The topological polar surface area (TPSA) is 101 Å². The van der Waals surface area contributed by atoms with Crippen molar-refractivity contribution in [1.29, 1.82) is 0 Å². The van der Waals surface area contributed by atoms with Crippen LogP contribution in [-0.4, -0.2) is 46.4 Å². The lowest BCUT2D eigenvalue weighted by Gasteiger charge is -2.30. The zero-order valence-electron chi connectivity index (χ0n) is 16.0. The molecular formula is C19H20Cl2N2O5S2. The largest absolute Gasteiger partial charge is 0.324 e. The molecule has 2 aromatic carbocycles. The molecule has 1 fully saturated rings. The highest BCUT2D eigenvalue weighted by molar-refractivity contribution is 7.90. The molecular weight excluding hydrogens is 471 g/mol. The van der Waals surface area contributed by atoms with Gasteiger partial charge in [-0.1, -0.05) is 23.2 Å². The Morgan fingerprint density at radius 2 is 1.53 bits per heavy atom. The van der Waals surface area contributed by atoms with Crippen molar-refractivity contribution in [1.82, 2.24) is 4.31 Å². The normalized spacial score (nSPS) is 16.4. The Morgan fingerprint density at radius 1 is 0.967 bits per heavy atom. The number of sulfonamides is 1. The second-order valence-electron chi connectivity index (χ2n) is 7.04. The van der Waals surface area contributed by atoms with Crippen molar-refractivity contribution in [2.24, 2.45) is 5.92 Å². The van der Waals surface area contributed by atoms with E-state index in [1.165, 1.54) is 28.6 Å². The van der Waals surface area contributed by atoms with Crippen LogP contribution in [0.25, 0.3) is 0 Å². The van der Waals surface area contributed by atoms with Gasteiger partial charge in [-0.3, -0.25) is 4.79 Å². The van der Waals surface area contributed by atoms with Crippen LogP contribution in [-0.2, 0) is 24.7 Å². The fourth-order valence-electron chi connectivity index (χ4n) is 3.19. The molecule has 30 heavy (non-hydrogen) atoms. The zero-order chi connectivity index (χ0) is 22.1. The van der Waals surface area contributed by atoms with Crippen molar-refractivity contribution in [3.63, 3.8) is 0 Å². The molecule has 0 radical (unpaired) electrons. The van der Waals surface area contributed by atoms with Crippen molar-refractivity contribution >= 4 is 54.7 Å². The number of hydrogen-bond acceptors (Lipinski definition) is 5. The number of benzene rings is 2. The molecule has 0 bridgehead atoms. The lowest BCUT2D eigenvalue weighted by Crippen LogP contribution is -2.41. The van der Waals surface area contributed by atoms with Crippen LogP contribution in [0.2, 0.25) is 10.0 Å². The molecule has 1 aliphatic heterocycles. The van der Waals surface area contributed by atoms with Gasteiger partial charge in [0.05, 0.1) is 20.5 Å². The Labute approximate surface area is 186 Å². The summed E-state index contributed by atoms with van der Waals surface area (Å²) in [5, 5.41) is 3.55. The van der Waals surface area contributed by atoms with Gasteiger partial charge in [0.2, 0.25) is 15.9 Å². The molecule has 0 atom stereocenters. The summed E-state index contributed by atoms with van der Waals surface area (Å²) in [4.78, 5) is 12.6. The number of rotatable bonds is 5. The van der Waals surface area contributed by atoms with Crippen molar-refractivity contribution in [3.05, 3.63) is 52.5 Å². The average Bonchev–Trinajstić information content (AvgIpc) is 2.70. The number of carbonyl (C=O) groups excluding carboxylic acids is 1. The van der Waals surface area contributed by atoms with E-state index in [0.29, 0.717) is 28.6 Å². The van der Waals surface area contributed by atoms with Gasteiger partial charge < -0.3 is 5.32 Å². The number of nitrogens with one attached hydrogen (secondary N) is 1. The van der Waals surface area contributed by atoms with Crippen LogP contribution in [0.3, 0.4) is 0 Å². The van der Waals surface area contributed by atoms with E-state index in [4.69, 9.17) is 23.2 Å². The molecule has 0 aromatic heterocycles. The second-order valence-corrected chi connectivity index (χ2v) is 11.8. The van der Waals surface area contributed by atoms with Crippen LogP contribution >= 0.6 is 23.2 Å². The average molecular weight is 491 g/mol. The van der Waals surface area contributed by atoms with Crippen LogP contribution in [0.4, 0.5) is 5.69 Å². The molecule has 11 heteroatoms. The molecule has 2 aromatic rings. The van der Waals surface area contributed by atoms with Gasteiger partial charge in [-0.25, -0.2) is 16.8 Å². The molecule has 1 aliphatic rings. The van der Waals surface area contributed by atoms with Crippen molar-refractivity contribution < 1.29 is 21.6 Å². The maximum Gasteiger partial charge on any atom is 0.243 e. The summed E-state index contributed by atoms with van der Waals surface area (Å²) in [6.45, 7) is 0.356. The quantitative estimate of drug-likeness (QED) is 0.691. The molecule has 1 heterocycles. The first-order valence-corrected chi connectivity index (χ1v) is 13.1. The highest BCUT2D eigenvalue weighted by atomic mass is 35.5. The third-order valence-corrected chi connectivity index (χ3v) is 8.51. The molecule has 7 nitrogen and oxygen atoms in total. The first-order chi connectivity index (χ1) is 14.0. The van der Waals surface area contributed by atoms with Gasteiger partial charge in [0.25, 0.3) is 0 Å². The molecule has 0 aliphatic carbocycles. The number of amides is 1. The van der Waals surface area contributed by atoms with Crippen molar-refractivity contribution in [2.75, 3.05) is 24.7 Å². The zero-order valence-corrected chi connectivity index (χ0v) is 19.2. The van der Waals surface area contributed by atoms with E-state index in [9.17, 15) is 21.6 Å². The third-order valence-electron chi connectivity index (χ3n) is 4.90. The van der Waals surface area contributed by atoms with Gasteiger partial charge in [0.1, 0.15) is 0 Å². The SMILES string of the molecule is CS(=O)(=O)c1ccc(S(=O)(=O)N2CCC(C(=O)Nc3cc(Cl)ccc3Cl)CC2)cc1. The van der Waals surface area contributed by atoms with E-state index in [2.05, 4.69) is 5.32 Å². The predicted octanol–water partition coefficient (Wildman–Crippen LogP) is 3.44. The number of hydrogen-bond donors (Lipinski definition) is 1. The lowest BCUT2D eigenvalue weighted by molar-refractivity contribution is -0.120. The first kappa shape index (κ1) is 23.0.